The molecule has 3 rings (SSSR count). The molecule has 3 aromatic rings. The topological polar surface area (TPSA) is 60.7 Å². The van der Waals surface area contributed by atoms with E-state index in [4.69, 9.17) is 13.9 Å². The molecule has 0 aliphatic rings. The van der Waals surface area contributed by atoms with Crippen molar-refractivity contribution in [1.82, 2.24) is 5.32 Å². The van der Waals surface area contributed by atoms with Crippen LogP contribution in [-0.2, 0) is 13.2 Å². The largest absolute Gasteiger partial charge is 0.497 e. The van der Waals surface area contributed by atoms with Crippen LogP contribution in [0, 0.1) is 0 Å². The smallest absolute Gasteiger partial charge is 0.287 e. The summed E-state index contributed by atoms with van der Waals surface area (Å²) in [6, 6.07) is 18.7. The van der Waals surface area contributed by atoms with E-state index in [-0.39, 0.29) is 18.3 Å². The number of amides is 1. The number of ether oxygens (including phenoxy) is 2. The van der Waals surface area contributed by atoms with Crippen molar-refractivity contribution in [2.24, 2.45) is 0 Å². The molecule has 128 valence electrons. The van der Waals surface area contributed by atoms with Crippen molar-refractivity contribution in [1.29, 1.82) is 0 Å². The fraction of sp³-hybridized carbons (Fsp3) is 0.150. The van der Waals surface area contributed by atoms with Gasteiger partial charge >= 0.3 is 0 Å². The minimum Gasteiger partial charge on any atom is -0.497 e. The van der Waals surface area contributed by atoms with Gasteiger partial charge in [0.25, 0.3) is 5.91 Å². The highest BCUT2D eigenvalue weighted by Crippen LogP contribution is 2.16. The molecule has 0 bridgehead atoms. The summed E-state index contributed by atoms with van der Waals surface area (Å²) < 4.78 is 16.2. The lowest BCUT2D eigenvalue weighted by molar-refractivity contribution is 0.0919. The monoisotopic (exact) mass is 337 g/mol. The number of carbonyl (C=O) groups excluding carboxylic acids is 1. The fourth-order valence-electron chi connectivity index (χ4n) is 2.37. The van der Waals surface area contributed by atoms with Gasteiger partial charge in [0.05, 0.1) is 13.4 Å². The molecule has 0 aliphatic carbocycles. The molecule has 5 heteroatoms. The normalized spacial score (nSPS) is 10.3. The van der Waals surface area contributed by atoms with Crippen molar-refractivity contribution >= 4 is 5.91 Å². The van der Waals surface area contributed by atoms with Crippen LogP contribution in [0.2, 0.25) is 0 Å². The quantitative estimate of drug-likeness (QED) is 0.712. The van der Waals surface area contributed by atoms with Gasteiger partial charge < -0.3 is 19.2 Å². The molecule has 0 spiro atoms. The number of rotatable bonds is 7. The second-order valence-corrected chi connectivity index (χ2v) is 5.41. The Hall–Kier alpha value is -3.21. The number of benzene rings is 2. The molecule has 5 nitrogen and oxygen atoms in total. The van der Waals surface area contributed by atoms with Crippen LogP contribution in [0.25, 0.3) is 0 Å². The zero-order valence-electron chi connectivity index (χ0n) is 13.9. The molecule has 0 saturated carbocycles. The maximum atomic E-state index is 12.4. The van der Waals surface area contributed by atoms with Crippen molar-refractivity contribution in [3.63, 3.8) is 0 Å². The maximum absolute atomic E-state index is 12.4. The number of methoxy groups -OCH3 is 1. The van der Waals surface area contributed by atoms with Crippen molar-refractivity contribution in [2.45, 2.75) is 13.2 Å². The molecular formula is C20H19NO4. The van der Waals surface area contributed by atoms with Crippen LogP contribution in [0.3, 0.4) is 0 Å². The van der Waals surface area contributed by atoms with E-state index in [0.717, 1.165) is 17.1 Å². The van der Waals surface area contributed by atoms with Gasteiger partial charge in [-0.05, 0) is 35.9 Å². The predicted molar refractivity (Wildman–Crippen MR) is 93.6 cm³/mol. The number of nitrogens with one attached hydrogen (secondary N) is 1. The summed E-state index contributed by atoms with van der Waals surface area (Å²) in [6.45, 7) is 0.651. The number of furan rings is 1. The lowest BCUT2D eigenvalue weighted by atomic mass is 10.2. The van der Waals surface area contributed by atoms with Gasteiger partial charge in [-0.1, -0.05) is 30.3 Å². The summed E-state index contributed by atoms with van der Waals surface area (Å²) in [5, 5.41) is 2.85. The van der Waals surface area contributed by atoms with E-state index in [2.05, 4.69) is 5.32 Å². The Kier molecular flexibility index (Phi) is 5.36. The molecule has 0 saturated heterocycles. The Labute approximate surface area is 146 Å². The van der Waals surface area contributed by atoms with Crippen LogP contribution < -0.4 is 14.8 Å². The Bertz CT molecular complexity index is 826. The van der Waals surface area contributed by atoms with Crippen LogP contribution in [-0.4, -0.2) is 13.0 Å². The molecule has 1 amide bonds. The number of hydrogen-bond acceptors (Lipinski definition) is 4. The van der Waals surface area contributed by atoms with Crippen molar-refractivity contribution in [2.75, 3.05) is 7.11 Å². The second kappa shape index (κ2) is 8.06. The molecule has 1 aromatic heterocycles. The molecule has 2 aromatic carbocycles. The first kappa shape index (κ1) is 16.6. The van der Waals surface area contributed by atoms with Gasteiger partial charge in [0.15, 0.2) is 5.76 Å². The first-order valence-corrected chi connectivity index (χ1v) is 7.91. The van der Waals surface area contributed by atoms with Crippen LogP contribution in [0.4, 0.5) is 0 Å². The Morgan fingerprint density at radius 3 is 2.64 bits per heavy atom. The van der Waals surface area contributed by atoms with Crippen LogP contribution in [0.15, 0.2) is 71.3 Å². The van der Waals surface area contributed by atoms with Gasteiger partial charge in [-0.25, -0.2) is 0 Å². The second-order valence-electron chi connectivity index (χ2n) is 5.41. The van der Waals surface area contributed by atoms with Crippen molar-refractivity contribution in [3.05, 3.63) is 83.8 Å². The van der Waals surface area contributed by atoms with Crippen molar-refractivity contribution in [3.8, 4) is 11.5 Å². The van der Waals surface area contributed by atoms with E-state index in [1.807, 2.05) is 54.6 Å². The number of hydrogen-bond donors (Lipinski definition) is 1. The Balaban J connectivity index is 1.60. The first-order valence-electron chi connectivity index (χ1n) is 7.91. The van der Waals surface area contributed by atoms with E-state index in [1.165, 1.54) is 6.26 Å². The molecule has 0 unspecified atom stereocenters. The van der Waals surface area contributed by atoms with E-state index >= 15 is 0 Å². The third kappa shape index (κ3) is 4.41. The van der Waals surface area contributed by atoms with Gasteiger partial charge in [-0.3, -0.25) is 4.79 Å². The zero-order chi connectivity index (χ0) is 17.5. The SMILES string of the molecule is COc1cccc(CNC(=O)c2occc2COc2ccccc2)c1. The maximum Gasteiger partial charge on any atom is 0.287 e. The molecule has 0 radical (unpaired) electrons. The summed E-state index contributed by atoms with van der Waals surface area (Å²) in [4.78, 5) is 12.4. The molecule has 1 heterocycles. The standard InChI is InChI=1S/C20H19NO4/c1-23-18-9-5-6-15(12-18)13-21-20(22)19-16(10-11-24-19)14-25-17-7-3-2-4-8-17/h2-12H,13-14H2,1H3,(H,21,22). The lowest BCUT2D eigenvalue weighted by Gasteiger charge is -2.08. The minimum atomic E-state index is -0.278. The van der Waals surface area contributed by atoms with Crippen molar-refractivity contribution < 1.29 is 18.7 Å². The lowest BCUT2D eigenvalue weighted by Crippen LogP contribution is -2.23. The molecule has 0 atom stereocenters. The average molecular weight is 337 g/mol. The molecule has 25 heavy (non-hydrogen) atoms. The molecule has 0 aliphatic heterocycles. The Morgan fingerprint density at radius 1 is 1.04 bits per heavy atom. The highest BCUT2D eigenvalue weighted by Gasteiger charge is 2.15. The van der Waals surface area contributed by atoms with Crippen LogP contribution >= 0.6 is 0 Å². The average Bonchev–Trinajstić information content (AvgIpc) is 3.14. The summed E-state index contributed by atoms with van der Waals surface area (Å²) in [6.07, 6.45) is 1.49. The van der Waals surface area contributed by atoms with Gasteiger partial charge in [0, 0.05) is 12.1 Å². The van der Waals surface area contributed by atoms with E-state index < -0.39 is 0 Å². The van der Waals surface area contributed by atoms with E-state index in [1.54, 1.807) is 13.2 Å². The van der Waals surface area contributed by atoms with Gasteiger partial charge in [-0.15, -0.1) is 0 Å². The zero-order valence-corrected chi connectivity index (χ0v) is 13.9. The van der Waals surface area contributed by atoms with Crippen LogP contribution in [0.5, 0.6) is 11.5 Å². The fourth-order valence-corrected chi connectivity index (χ4v) is 2.37. The predicted octanol–water partition coefficient (Wildman–Crippen LogP) is 3.80. The summed E-state index contributed by atoms with van der Waals surface area (Å²) in [5.74, 6) is 1.48. The van der Waals surface area contributed by atoms with Gasteiger partial charge in [0.2, 0.25) is 0 Å². The first-order chi connectivity index (χ1) is 12.3. The molecule has 0 fully saturated rings. The third-order valence-corrected chi connectivity index (χ3v) is 3.68. The summed E-state index contributed by atoms with van der Waals surface area (Å²) in [5.41, 5.74) is 1.65. The minimum absolute atomic E-state index is 0.263. The van der Waals surface area contributed by atoms with Gasteiger partial charge in [-0.2, -0.15) is 0 Å². The summed E-state index contributed by atoms with van der Waals surface area (Å²) >= 11 is 0. The van der Waals surface area contributed by atoms with Gasteiger partial charge in [0.1, 0.15) is 18.1 Å². The molecular weight excluding hydrogens is 318 g/mol. The van der Waals surface area contributed by atoms with Crippen LogP contribution in [0.1, 0.15) is 21.7 Å². The third-order valence-electron chi connectivity index (χ3n) is 3.68. The molecule has 1 N–H and O–H groups in total. The highest BCUT2D eigenvalue weighted by atomic mass is 16.5. The number of para-hydroxylation sites is 1. The van der Waals surface area contributed by atoms with E-state index in [9.17, 15) is 4.79 Å². The van der Waals surface area contributed by atoms with E-state index in [0.29, 0.717) is 12.1 Å². The number of carbonyl (C=O) groups is 1. The summed E-state index contributed by atoms with van der Waals surface area (Å²) in [7, 11) is 1.61. The Morgan fingerprint density at radius 2 is 1.84 bits per heavy atom. The highest BCUT2D eigenvalue weighted by molar-refractivity contribution is 5.92.